The van der Waals surface area contributed by atoms with E-state index in [1.54, 1.807) is 4.90 Å². The highest BCUT2D eigenvalue weighted by atomic mass is 16.6. The number of piperidine rings is 1. The Morgan fingerprint density at radius 1 is 1.28 bits per heavy atom. The van der Waals surface area contributed by atoms with Gasteiger partial charge in [-0.15, -0.1) is 0 Å². The Kier molecular flexibility index (Phi) is 5.27. The molecular weight excluding hydrogens is 320 g/mol. The molecule has 3 rings (SSSR count). The number of nitrogens with zero attached hydrogens (tertiary/aromatic N) is 2. The average Bonchev–Trinajstić information content (AvgIpc) is 2.91. The van der Waals surface area contributed by atoms with Crippen molar-refractivity contribution in [2.24, 2.45) is 0 Å². The molecule has 136 valence electrons. The molecule has 0 N–H and O–H groups in total. The summed E-state index contributed by atoms with van der Waals surface area (Å²) in [4.78, 5) is 27.9. The van der Waals surface area contributed by atoms with Crippen molar-refractivity contribution in [3.05, 3.63) is 35.9 Å². The lowest BCUT2D eigenvalue weighted by Crippen LogP contribution is -2.49. The van der Waals surface area contributed by atoms with E-state index in [0.29, 0.717) is 39.0 Å². The van der Waals surface area contributed by atoms with E-state index in [1.807, 2.05) is 23.1 Å². The van der Waals surface area contributed by atoms with Crippen LogP contribution in [0.3, 0.4) is 0 Å². The second-order valence-corrected chi connectivity index (χ2v) is 7.06. The topological polar surface area (TPSA) is 59.1 Å². The highest BCUT2D eigenvalue weighted by Crippen LogP contribution is 2.34. The molecule has 0 bridgehead atoms. The Labute approximate surface area is 148 Å². The van der Waals surface area contributed by atoms with Crippen molar-refractivity contribution in [1.82, 2.24) is 9.80 Å². The first kappa shape index (κ1) is 17.7. The van der Waals surface area contributed by atoms with E-state index in [1.165, 1.54) is 12.7 Å². The van der Waals surface area contributed by atoms with E-state index in [4.69, 9.17) is 9.47 Å². The largest absolute Gasteiger partial charge is 0.441 e. The SMILES string of the molecule is COCC(=O)N1CCC2(CC1)CN(C[C@H](C)c1ccccc1)C(=O)O2. The number of ether oxygens (including phenoxy) is 2. The molecule has 1 aromatic rings. The van der Waals surface area contributed by atoms with Crippen LogP contribution in [0.25, 0.3) is 0 Å². The Hall–Kier alpha value is -2.08. The number of carbonyl (C=O) groups excluding carboxylic acids is 2. The third-order valence-electron chi connectivity index (χ3n) is 5.20. The van der Waals surface area contributed by atoms with Crippen LogP contribution in [-0.2, 0) is 14.3 Å². The summed E-state index contributed by atoms with van der Waals surface area (Å²) < 4.78 is 10.7. The summed E-state index contributed by atoms with van der Waals surface area (Å²) in [5.74, 6) is 0.253. The van der Waals surface area contributed by atoms with Gasteiger partial charge in [-0.3, -0.25) is 4.79 Å². The second kappa shape index (κ2) is 7.44. The highest BCUT2D eigenvalue weighted by molar-refractivity contribution is 5.77. The van der Waals surface area contributed by atoms with Gasteiger partial charge in [-0.1, -0.05) is 37.3 Å². The minimum absolute atomic E-state index is 0.00349. The number of methoxy groups -OCH3 is 1. The fourth-order valence-electron chi connectivity index (χ4n) is 3.69. The number of benzene rings is 1. The number of amides is 2. The Balaban J connectivity index is 1.57. The van der Waals surface area contributed by atoms with Crippen LogP contribution >= 0.6 is 0 Å². The number of likely N-dealkylation sites (tertiary alicyclic amines) is 1. The summed E-state index contributed by atoms with van der Waals surface area (Å²) in [6, 6.07) is 10.2. The molecule has 0 unspecified atom stereocenters. The van der Waals surface area contributed by atoms with Gasteiger partial charge in [0.2, 0.25) is 5.91 Å². The molecule has 2 fully saturated rings. The Morgan fingerprint density at radius 2 is 1.96 bits per heavy atom. The lowest BCUT2D eigenvalue weighted by Gasteiger charge is -2.37. The van der Waals surface area contributed by atoms with Crippen LogP contribution in [0.5, 0.6) is 0 Å². The van der Waals surface area contributed by atoms with E-state index < -0.39 is 5.60 Å². The molecule has 2 aliphatic heterocycles. The monoisotopic (exact) mass is 346 g/mol. The van der Waals surface area contributed by atoms with Gasteiger partial charge in [-0.25, -0.2) is 4.79 Å². The first-order valence-corrected chi connectivity index (χ1v) is 8.82. The van der Waals surface area contributed by atoms with Gasteiger partial charge in [-0.05, 0) is 11.5 Å². The Morgan fingerprint density at radius 3 is 2.60 bits per heavy atom. The molecule has 2 saturated heterocycles. The normalized spacial score (nSPS) is 20.6. The molecule has 1 atom stereocenters. The fraction of sp³-hybridized carbons (Fsp3) is 0.579. The van der Waals surface area contributed by atoms with Gasteiger partial charge in [0, 0.05) is 39.6 Å². The van der Waals surface area contributed by atoms with Gasteiger partial charge >= 0.3 is 6.09 Å². The summed E-state index contributed by atoms with van der Waals surface area (Å²) in [6.07, 6.45) is 1.13. The molecule has 2 amide bonds. The molecule has 1 spiro atoms. The molecule has 2 heterocycles. The number of hydrogen-bond donors (Lipinski definition) is 0. The maximum Gasteiger partial charge on any atom is 0.410 e. The van der Waals surface area contributed by atoms with E-state index in [-0.39, 0.29) is 24.5 Å². The van der Waals surface area contributed by atoms with Crippen LogP contribution in [-0.4, -0.2) is 67.3 Å². The maximum absolute atomic E-state index is 12.3. The standard InChI is InChI=1S/C19H26N2O4/c1-15(16-6-4-3-5-7-16)12-21-14-19(25-18(21)23)8-10-20(11-9-19)17(22)13-24-2/h3-7,15H,8-14H2,1-2H3/t15-/m0/s1. The van der Waals surface area contributed by atoms with Crippen LogP contribution in [0.1, 0.15) is 31.2 Å². The lowest BCUT2D eigenvalue weighted by atomic mass is 9.91. The fourth-order valence-corrected chi connectivity index (χ4v) is 3.69. The van der Waals surface area contributed by atoms with E-state index in [9.17, 15) is 9.59 Å². The van der Waals surface area contributed by atoms with Crippen molar-refractivity contribution in [1.29, 1.82) is 0 Å². The molecule has 0 aliphatic carbocycles. The van der Waals surface area contributed by atoms with E-state index in [0.717, 1.165) is 0 Å². The summed E-state index contributed by atoms with van der Waals surface area (Å²) in [7, 11) is 1.52. The third-order valence-corrected chi connectivity index (χ3v) is 5.20. The van der Waals surface area contributed by atoms with Gasteiger partial charge in [-0.2, -0.15) is 0 Å². The summed E-state index contributed by atoms with van der Waals surface area (Å²) >= 11 is 0. The minimum atomic E-state index is -0.447. The summed E-state index contributed by atoms with van der Waals surface area (Å²) in [5, 5.41) is 0. The molecule has 2 aliphatic rings. The smallest absolute Gasteiger partial charge is 0.410 e. The van der Waals surface area contributed by atoms with Gasteiger partial charge in [0.25, 0.3) is 0 Å². The first-order chi connectivity index (χ1) is 12.0. The van der Waals surface area contributed by atoms with Gasteiger partial charge in [0.15, 0.2) is 0 Å². The number of rotatable bonds is 5. The van der Waals surface area contributed by atoms with Crippen LogP contribution in [0.15, 0.2) is 30.3 Å². The zero-order valence-corrected chi connectivity index (χ0v) is 14.9. The average molecular weight is 346 g/mol. The lowest BCUT2D eigenvalue weighted by molar-refractivity contribution is -0.138. The molecular formula is C19H26N2O4. The predicted molar refractivity (Wildman–Crippen MR) is 93.3 cm³/mol. The molecule has 0 aromatic heterocycles. The van der Waals surface area contributed by atoms with Crippen molar-refractivity contribution >= 4 is 12.0 Å². The molecule has 0 radical (unpaired) electrons. The summed E-state index contributed by atoms with van der Waals surface area (Å²) in [5.41, 5.74) is 0.772. The van der Waals surface area contributed by atoms with Crippen molar-refractivity contribution in [3.8, 4) is 0 Å². The quantitative estimate of drug-likeness (QED) is 0.820. The van der Waals surface area contributed by atoms with Crippen molar-refractivity contribution in [2.45, 2.75) is 31.3 Å². The molecule has 6 heteroatoms. The van der Waals surface area contributed by atoms with Crippen LogP contribution in [0.4, 0.5) is 4.79 Å². The molecule has 25 heavy (non-hydrogen) atoms. The van der Waals surface area contributed by atoms with Crippen molar-refractivity contribution < 1.29 is 19.1 Å². The van der Waals surface area contributed by atoms with E-state index >= 15 is 0 Å². The Bertz CT molecular complexity index is 611. The van der Waals surface area contributed by atoms with Gasteiger partial charge in [0.1, 0.15) is 12.2 Å². The number of carbonyl (C=O) groups is 2. The molecule has 0 saturated carbocycles. The van der Waals surface area contributed by atoms with Crippen molar-refractivity contribution in [2.75, 3.05) is 39.9 Å². The van der Waals surface area contributed by atoms with Gasteiger partial charge < -0.3 is 19.3 Å². The zero-order valence-electron chi connectivity index (χ0n) is 14.9. The van der Waals surface area contributed by atoms with Crippen LogP contribution in [0, 0.1) is 0 Å². The zero-order chi connectivity index (χ0) is 17.9. The minimum Gasteiger partial charge on any atom is -0.441 e. The van der Waals surface area contributed by atoms with Crippen LogP contribution < -0.4 is 0 Å². The highest BCUT2D eigenvalue weighted by Gasteiger charge is 2.47. The molecule has 6 nitrogen and oxygen atoms in total. The van der Waals surface area contributed by atoms with E-state index in [2.05, 4.69) is 19.1 Å². The summed E-state index contributed by atoms with van der Waals surface area (Å²) in [6.45, 7) is 4.70. The van der Waals surface area contributed by atoms with Gasteiger partial charge in [0.05, 0.1) is 6.54 Å². The maximum atomic E-state index is 12.3. The third kappa shape index (κ3) is 3.95. The predicted octanol–water partition coefficient (Wildman–Crippen LogP) is 2.25. The van der Waals surface area contributed by atoms with Crippen LogP contribution in [0.2, 0.25) is 0 Å². The molecule has 1 aromatic carbocycles. The first-order valence-electron chi connectivity index (χ1n) is 8.82. The van der Waals surface area contributed by atoms with Crippen molar-refractivity contribution in [3.63, 3.8) is 0 Å². The number of hydrogen-bond acceptors (Lipinski definition) is 4. The second-order valence-electron chi connectivity index (χ2n) is 7.06.